The lowest BCUT2D eigenvalue weighted by molar-refractivity contribution is 0.0953. The second-order valence-corrected chi connectivity index (χ2v) is 8.68. The summed E-state index contributed by atoms with van der Waals surface area (Å²) in [4.78, 5) is 21.7. The lowest BCUT2D eigenvalue weighted by Gasteiger charge is -2.17. The van der Waals surface area contributed by atoms with E-state index < -0.39 is 0 Å². The fourth-order valence-electron chi connectivity index (χ4n) is 4.03. The van der Waals surface area contributed by atoms with E-state index in [0.717, 1.165) is 34.4 Å². The third kappa shape index (κ3) is 6.55. The van der Waals surface area contributed by atoms with Gasteiger partial charge < -0.3 is 10.6 Å². The number of pyridine rings is 1. The van der Waals surface area contributed by atoms with Crippen LogP contribution in [-0.2, 0) is 6.54 Å². The van der Waals surface area contributed by atoms with Gasteiger partial charge in [-0.05, 0) is 54.3 Å². The summed E-state index contributed by atoms with van der Waals surface area (Å²) in [7, 11) is 0. The van der Waals surface area contributed by atoms with E-state index in [1.807, 2.05) is 62.4 Å². The van der Waals surface area contributed by atoms with Gasteiger partial charge in [0.1, 0.15) is 5.84 Å². The highest BCUT2D eigenvalue weighted by Gasteiger charge is 2.16. The van der Waals surface area contributed by atoms with Gasteiger partial charge in [-0.15, -0.1) is 0 Å². The molecule has 4 aromatic rings. The Kier molecular flexibility index (Phi) is 8.55. The Bertz CT molecular complexity index is 1400. The first-order chi connectivity index (χ1) is 18.1. The first-order valence-corrected chi connectivity index (χ1v) is 12.4. The van der Waals surface area contributed by atoms with Gasteiger partial charge in [0.25, 0.3) is 5.91 Å². The van der Waals surface area contributed by atoms with E-state index in [0.29, 0.717) is 30.1 Å². The molecule has 0 aliphatic heterocycles. The molecule has 0 atom stereocenters. The molecule has 6 nitrogen and oxygen atoms in total. The van der Waals surface area contributed by atoms with Crippen LogP contribution in [0.25, 0.3) is 11.1 Å². The Labute approximate surface area is 218 Å². The summed E-state index contributed by atoms with van der Waals surface area (Å²) in [5.74, 6) is 0.489. The number of benzene rings is 3. The highest BCUT2D eigenvalue weighted by molar-refractivity contribution is 6.14. The van der Waals surface area contributed by atoms with Crippen LogP contribution in [-0.4, -0.2) is 29.1 Å². The number of amides is 1. The van der Waals surface area contributed by atoms with Crippen LogP contribution in [0.3, 0.4) is 0 Å². The summed E-state index contributed by atoms with van der Waals surface area (Å²) in [5.41, 5.74) is 5.99. The second-order valence-electron chi connectivity index (χ2n) is 8.68. The SMILES string of the molecule is CCCNC(=O)c1cccc(C(=N)/N=C(/NCc2ccccn2)c2c(C)cccc2-c2ccccc2)c1. The van der Waals surface area contributed by atoms with Crippen molar-refractivity contribution >= 4 is 17.6 Å². The molecular formula is C31H31N5O. The van der Waals surface area contributed by atoms with Gasteiger partial charge in [-0.3, -0.25) is 15.2 Å². The predicted octanol–water partition coefficient (Wildman–Crippen LogP) is 5.76. The van der Waals surface area contributed by atoms with Crippen molar-refractivity contribution in [3.05, 3.63) is 125 Å². The molecule has 0 bridgehead atoms. The highest BCUT2D eigenvalue weighted by Crippen LogP contribution is 2.27. The number of carbonyl (C=O) groups excluding carboxylic acids is 1. The van der Waals surface area contributed by atoms with Crippen molar-refractivity contribution in [2.24, 2.45) is 4.99 Å². The maximum atomic E-state index is 12.5. The summed E-state index contributed by atoms with van der Waals surface area (Å²) in [6, 6.07) is 29.1. The molecule has 0 aliphatic carbocycles. The lowest BCUT2D eigenvalue weighted by atomic mass is 9.95. The van der Waals surface area contributed by atoms with Gasteiger partial charge in [0.05, 0.1) is 12.2 Å². The van der Waals surface area contributed by atoms with Crippen molar-refractivity contribution in [1.82, 2.24) is 15.6 Å². The Morgan fingerprint density at radius 2 is 1.65 bits per heavy atom. The zero-order valence-electron chi connectivity index (χ0n) is 21.2. The van der Waals surface area contributed by atoms with Crippen molar-refractivity contribution in [3.63, 3.8) is 0 Å². The smallest absolute Gasteiger partial charge is 0.251 e. The minimum atomic E-state index is -0.153. The van der Waals surface area contributed by atoms with E-state index in [9.17, 15) is 4.79 Å². The topological polar surface area (TPSA) is 90.2 Å². The van der Waals surface area contributed by atoms with Crippen molar-refractivity contribution < 1.29 is 4.79 Å². The molecule has 0 radical (unpaired) electrons. The third-order valence-corrected chi connectivity index (χ3v) is 5.91. The van der Waals surface area contributed by atoms with Crippen LogP contribution >= 0.6 is 0 Å². The normalized spacial score (nSPS) is 11.1. The van der Waals surface area contributed by atoms with Crippen LogP contribution in [0, 0.1) is 12.3 Å². The largest absolute Gasteiger partial charge is 0.364 e. The van der Waals surface area contributed by atoms with Gasteiger partial charge in [0, 0.05) is 29.4 Å². The summed E-state index contributed by atoms with van der Waals surface area (Å²) < 4.78 is 0. The zero-order chi connectivity index (χ0) is 26.0. The maximum absolute atomic E-state index is 12.5. The third-order valence-electron chi connectivity index (χ3n) is 5.91. The first kappa shape index (κ1) is 25.5. The maximum Gasteiger partial charge on any atom is 0.251 e. The number of nitrogens with one attached hydrogen (secondary N) is 3. The zero-order valence-corrected chi connectivity index (χ0v) is 21.2. The van der Waals surface area contributed by atoms with Crippen molar-refractivity contribution in [2.45, 2.75) is 26.8 Å². The molecule has 0 fully saturated rings. The number of nitrogens with zero attached hydrogens (tertiary/aromatic N) is 2. The minimum Gasteiger partial charge on any atom is -0.364 e. The van der Waals surface area contributed by atoms with E-state index in [2.05, 4.69) is 33.8 Å². The number of aromatic nitrogens is 1. The van der Waals surface area contributed by atoms with Crippen molar-refractivity contribution in [2.75, 3.05) is 6.54 Å². The van der Waals surface area contributed by atoms with E-state index in [4.69, 9.17) is 10.4 Å². The molecule has 3 N–H and O–H groups in total. The van der Waals surface area contributed by atoms with Crippen LogP contribution in [0.4, 0.5) is 0 Å². The van der Waals surface area contributed by atoms with Gasteiger partial charge in [0.2, 0.25) is 0 Å². The molecule has 3 aromatic carbocycles. The molecule has 186 valence electrons. The predicted molar refractivity (Wildman–Crippen MR) is 150 cm³/mol. The molecule has 4 rings (SSSR count). The fourth-order valence-corrected chi connectivity index (χ4v) is 4.03. The minimum absolute atomic E-state index is 0.0657. The molecule has 1 amide bonds. The Morgan fingerprint density at radius 1 is 0.892 bits per heavy atom. The molecule has 0 spiro atoms. The van der Waals surface area contributed by atoms with E-state index >= 15 is 0 Å². The van der Waals surface area contributed by atoms with E-state index in [-0.39, 0.29) is 11.7 Å². The molecule has 1 aromatic heterocycles. The Balaban J connectivity index is 1.75. The molecule has 6 heteroatoms. The quantitative estimate of drug-likeness (QED) is 0.217. The number of amidine groups is 2. The lowest BCUT2D eigenvalue weighted by Crippen LogP contribution is -2.27. The van der Waals surface area contributed by atoms with Crippen molar-refractivity contribution in [1.29, 1.82) is 5.41 Å². The molecule has 0 aliphatic rings. The molecule has 1 heterocycles. The molecule has 37 heavy (non-hydrogen) atoms. The summed E-state index contributed by atoms with van der Waals surface area (Å²) in [6.07, 6.45) is 2.62. The fraction of sp³-hybridized carbons (Fsp3) is 0.161. The monoisotopic (exact) mass is 489 g/mol. The standard InChI is InChI=1S/C31H31N5O/c1-3-18-34-31(37)25-15-10-14-24(20-25)29(32)36-30(35-21-26-16-7-8-19-33-26)28-22(2)11-9-17-27(28)23-12-5-4-6-13-23/h4-17,19-20H,3,18,21H2,1-2H3,(H,34,37)(H2,32,35,36). The van der Waals surface area contributed by atoms with Gasteiger partial charge in [-0.1, -0.05) is 73.7 Å². The van der Waals surface area contributed by atoms with Gasteiger partial charge in [-0.2, -0.15) is 0 Å². The average Bonchev–Trinajstić information content (AvgIpc) is 2.95. The van der Waals surface area contributed by atoms with E-state index in [1.54, 1.807) is 30.5 Å². The summed E-state index contributed by atoms with van der Waals surface area (Å²) in [5, 5.41) is 15.2. The van der Waals surface area contributed by atoms with Gasteiger partial charge in [0.15, 0.2) is 5.84 Å². The molecule has 0 saturated carbocycles. The summed E-state index contributed by atoms with van der Waals surface area (Å²) >= 11 is 0. The van der Waals surface area contributed by atoms with Gasteiger partial charge >= 0.3 is 0 Å². The second kappa shape index (κ2) is 12.4. The number of hydrogen-bond acceptors (Lipinski definition) is 3. The number of rotatable bonds is 8. The number of hydrogen-bond donors (Lipinski definition) is 3. The van der Waals surface area contributed by atoms with Crippen LogP contribution in [0.5, 0.6) is 0 Å². The molecule has 0 saturated heterocycles. The van der Waals surface area contributed by atoms with Crippen molar-refractivity contribution in [3.8, 4) is 11.1 Å². The van der Waals surface area contributed by atoms with E-state index in [1.165, 1.54) is 0 Å². The highest BCUT2D eigenvalue weighted by atomic mass is 16.1. The summed E-state index contributed by atoms with van der Waals surface area (Å²) in [6.45, 7) is 5.11. The average molecular weight is 490 g/mol. The van der Waals surface area contributed by atoms with Crippen LogP contribution in [0.2, 0.25) is 0 Å². The Morgan fingerprint density at radius 3 is 2.41 bits per heavy atom. The molecular weight excluding hydrogens is 458 g/mol. The number of aryl methyl sites for hydroxylation is 1. The van der Waals surface area contributed by atoms with Gasteiger partial charge in [-0.25, -0.2) is 4.99 Å². The number of carbonyl (C=O) groups is 1. The van der Waals surface area contributed by atoms with Crippen LogP contribution in [0.1, 0.15) is 46.1 Å². The Hall–Kier alpha value is -4.58. The van der Waals surface area contributed by atoms with Crippen LogP contribution < -0.4 is 10.6 Å². The number of aliphatic imine (C=N–C) groups is 1. The van der Waals surface area contributed by atoms with Crippen LogP contribution in [0.15, 0.2) is 102 Å². The molecule has 0 unspecified atom stereocenters. The first-order valence-electron chi connectivity index (χ1n) is 12.4.